The van der Waals surface area contributed by atoms with E-state index in [1.54, 1.807) is 6.20 Å². The van der Waals surface area contributed by atoms with Crippen LogP contribution in [-0.2, 0) is 0 Å². The lowest BCUT2D eigenvalue weighted by Crippen LogP contribution is -2.30. The van der Waals surface area contributed by atoms with Crippen molar-refractivity contribution in [3.63, 3.8) is 0 Å². The largest absolute Gasteiger partial charge is 0.335 e. The molecule has 0 aliphatic heterocycles. The molecular formula is C7H8BrN3OS. The first-order valence-corrected chi connectivity index (χ1v) is 5.54. The van der Waals surface area contributed by atoms with Crippen molar-refractivity contribution < 1.29 is 4.79 Å². The molecule has 1 aromatic heterocycles. The van der Waals surface area contributed by atoms with Crippen LogP contribution in [0.4, 0.5) is 9.93 Å². The van der Waals surface area contributed by atoms with Crippen molar-refractivity contribution in [2.45, 2.75) is 18.9 Å². The van der Waals surface area contributed by atoms with Gasteiger partial charge in [0.25, 0.3) is 0 Å². The Bertz CT molecular complexity index is 323. The Kier molecular flexibility index (Phi) is 2.50. The summed E-state index contributed by atoms with van der Waals surface area (Å²) in [5, 5.41) is 6.09. The number of hydrogen-bond donors (Lipinski definition) is 2. The van der Waals surface area contributed by atoms with Crippen molar-refractivity contribution >= 4 is 38.4 Å². The van der Waals surface area contributed by atoms with Crippen LogP contribution in [0.2, 0.25) is 0 Å². The van der Waals surface area contributed by atoms with Crippen molar-refractivity contribution in [2.24, 2.45) is 0 Å². The molecule has 6 heteroatoms. The molecule has 4 nitrogen and oxygen atoms in total. The van der Waals surface area contributed by atoms with Gasteiger partial charge in [-0.1, -0.05) is 11.3 Å². The molecule has 0 spiro atoms. The van der Waals surface area contributed by atoms with Crippen LogP contribution < -0.4 is 10.6 Å². The van der Waals surface area contributed by atoms with Crippen molar-refractivity contribution in [1.29, 1.82) is 0 Å². The van der Waals surface area contributed by atoms with Crippen LogP contribution in [0.15, 0.2) is 9.98 Å². The third kappa shape index (κ3) is 2.67. The Balaban J connectivity index is 1.85. The van der Waals surface area contributed by atoms with Crippen LogP contribution in [0.3, 0.4) is 0 Å². The Morgan fingerprint density at radius 3 is 3.00 bits per heavy atom. The van der Waals surface area contributed by atoms with Crippen LogP contribution >= 0.6 is 27.3 Å². The minimum absolute atomic E-state index is 0.163. The van der Waals surface area contributed by atoms with Crippen LogP contribution in [0.1, 0.15) is 12.8 Å². The first kappa shape index (κ1) is 8.96. The van der Waals surface area contributed by atoms with Gasteiger partial charge in [0.15, 0.2) is 5.13 Å². The maximum atomic E-state index is 11.2. The van der Waals surface area contributed by atoms with Crippen LogP contribution in [0, 0.1) is 0 Å². The summed E-state index contributed by atoms with van der Waals surface area (Å²) in [6.07, 6.45) is 3.85. The number of carbonyl (C=O) groups excluding carboxylic acids is 1. The number of nitrogens with zero attached hydrogens (tertiary/aromatic N) is 1. The van der Waals surface area contributed by atoms with E-state index < -0.39 is 0 Å². The highest BCUT2D eigenvalue weighted by atomic mass is 79.9. The van der Waals surface area contributed by atoms with E-state index in [9.17, 15) is 4.79 Å². The molecule has 0 radical (unpaired) electrons. The van der Waals surface area contributed by atoms with Gasteiger partial charge in [0.1, 0.15) is 0 Å². The van der Waals surface area contributed by atoms with E-state index in [1.807, 2.05) is 0 Å². The van der Waals surface area contributed by atoms with Crippen LogP contribution in [0.5, 0.6) is 0 Å². The highest BCUT2D eigenvalue weighted by Gasteiger charge is 2.23. The lowest BCUT2D eigenvalue weighted by Gasteiger charge is -2.01. The summed E-state index contributed by atoms with van der Waals surface area (Å²) in [5.41, 5.74) is 0. The zero-order valence-corrected chi connectivity index (χ0v) is 9.11. The maximum Gasteiger partial charge on any atom is 0.321 e. The van der Waals surface area contributed by atoms with Crippen molar-refractivity contribution in [2.75, 3.05) is 5.32 Å². The summed E-state index contributed by atoms with van der Waals surface area (Å²) in [6, 6.07) is 0.216. The molecule has 1 fully saturated rings. The minimum atomic E-state index is -0.163. The van der Waals surface area contributed by atoms with E-state index in [4.69, 9.17) is 0 Å². The molecule has 13 heavy (non-hydrogen) atoms. The average molecular weight is 262 g/mol. The molecule has 0 unspecified atom stereocenters. The van der Waals surface area contributed by atoms with E-state index in [-0.39, 0.29) is 6.03 Å². The van der Waals surface area contributed by atoms with Gasteiger partial charge in [0, 0.05) is 6.04 Å². The third-order valence-corrected chi connectivity index (χ3v) is 3.00. The maximum absolute atomic E-state index is 11.2. The highest BCUT2D eigenvalue weighted by Crippen LogP contribution is 2.23. The summed E-state index contributed by atoms with van der Waals surface area (Å²) in [6.45, 7) is 0. The summed E-state index contributed by atoms with van der Waals surface area (Å²) < 4.78 is 0.911. The quantitative estimate of drug-likeness (QED) is 0.858. The number of hydrogen-bond acceptors (Lipinski definition) is 3. The summed E-state index contributed by atoms with van der Waals surface area (Å²) in [4.78, 5) is 15.2. The normalized spacial score (nSPS) is 15.5. The standard InChI is InChI=1S/C7H8BrN3OS/c8-5-3-9-7(13-5)11-6(12)10-4-1-2-4/h3-4H,1-2H2,(H2,9,10,11,12). The molecule has 1 aromatic rings. The SMILES string of the molecule is O=C(Nc1ncc(Br)s1)NC1CC1. The third-order valence-electron chi connectivity index (χ3n) is 1.61. The van der Waals surface area contributed by atoms with Crippen molar-refractivity contribution in [1.82, 2.24) is 10.3 Å². The average Bonchev–Trinajstić information content (AvgIpc) is 2.76. The fourth-order valence-corrected chi connectivity index (χ4v) is 1.96. The van der Waals surface area contributed by atoms with Crippen LogP contribution in [0.25, 0.3) is 0 Å². The van der Waals surface area contributed by atoms with Gasteiger partial charge < -0.3 is 5.32 Å². The summed E-state index contributed by atoms with van der Waals surface area (Å²) >= 11 is 4.67. The molecule has 1 saturated carbocycles. The second kappa shape index (κ2) is 3.63. The van der Waals surface area contributed by atoms with Gasteiger partial charge in [-0.05, 0) is 28.8 Å². The Labute approximate surface area is 87.9 Å². The fraction of sp³-hybridized carbons (Fsp3) is 0.429. The molecule has 2 rings (SSSR count). The van der Waals surface area contributed by atoms with E-state index in [2.05, 4.69) is 31.5 Å². The first-order chi connectivity index (χ1) is 6.24. The first-order valence-electron chi connectivity index (χ1n) is 3.93. The monoisotopic (exact) mass is 261 g/mol. The van der Waals surface area contributed by atoms with E-state index >= 15 is 0 Å². The smallest absolute Gasteiger partial charge is 0.321 e. The van der Waals surface area contributed by atoms with Crippen molar-refractivity contribution in [3.05, 3.63) is 9.98 Å². The zero-order chi connectivity index (χ0) is 9.26. The molecule has 0 saturated heterocycles. The van der Waals surface area contributed by atoms with Gasteiger partial charge >= 0.3 is 6.03 Å². The molecule has 1 aliphatic carbocycles. The Morgan fingerprint density at radius 2 is 2.46 bits per heavy atom. The van der Waals surface area contributed by atoms with Crippen LogP contribution in [-0.4, -0.2) is 17.1 Å². The number of nitrogens with one attached hydrogen (secondary N) is 2. The number of amides is 2. The topological polar surface area (TPSA) is 54.0 Å². The molecule has 0 bridgehead atoms. The lowest BCUT2D eigenvalue weighted by atomic mass is 10.7. The molecule has 1 heterocycles. The number of carbonyl (C=O) groups is 1. The van der Waals surface area contributed by atoms with Gasteiger partial charge in [-0.15, -0.1) is 0 Å². The molecular weight excluding hydrogens is 254 g/mol. The van der Waals surface area contributed by atoms with Gasteiger partial charge in [-0.2, -0.15) is 0 Å². The summed E-state index contributed by atoms with van der Waals surface area (Å²) in [5.74, 6) is 0. The minimum Gasteiger partial charge on any atom is -0.335 e. The molecule has 0 aromatic carbocycles. The zero-order valence-electron chi connectivity index (χ0n) is 6.71. The number of aromatic nitrogens is 1. The number of anilines is 1. The van der Waals surface area contributed by atoms with Crippen molar-refractivity contribution in [3.8, 4) is 0 Å². The predicted octanol–water partition coefficient (Wildman–Crippen LogP) is 2.19. The number of thiazole rings is 1. The Morgan fingerprint density at radius 1 is 1.69 bits per heavy atom. The second-order valence-electron chi connectivity index (χ2n) is 2.84. The number of halogens is 1. The molecule has 0 atom stereocenters. The fourth-order valence-electron chi connectivity index (χ4n) is 0.858. The number of urea groups is 1. The van der Waals surface area contributed by atoms with E-state index in [0.29, 0.717) is 11.2 Å². The highest BCUT2D eigenvalue weighted by molar-refractivity contribution is 9.11. The Hall–Kier alpha value is -0.620. The molecule has 2 N–H and O–H groups in total. The lowest BCUT2D eigenvalue weighted by molar-refractivity contribution is 0.251. The van der Waals surface area contributed by atoms with Gasteiger partial charge in [0.05, 0.1) is 9.98 Å². The van der Waals surface area contributed by atoms with Gasteiger partial charge in [0.2, 0.25) is 0 Å². The molecule has 2 amide bonds. The molecule has 1 aliphatic rings. The van der Waals surface area contributed by atoms with Gasteiger partial charge in [-0.3, -0.25) is 5.32 Å². The predicted molar refractivity (Wildman–Crippen MR) is 55.0 cm³/mol. The van der Waals surface area contributed by atoms with E-state index in [1.165, 1.54) is 11.3 Å². The van der Waals surface area contributed by atoms with Gasteiger partial charge in [-0.25, -0.2) is 9.78 Å². The molecule has 70 valence electrons. The number of rotatable bonds is 2. The van der Waals surface area contributed by atoms with E-state index in [0.717, 1.165) is 16.6 Å². The summed E-state index contributed by atoms with van der Waals surface area (Å²) in [7, 11) is 0. The second-order valence-corrected chi connectivity index (χ2v) is 5.25.